The maximum absolute atomic E-state index is 13.0. The summed E-state index contributed by atoms with van der Waals surface area (Å²) in [6.45, 7) is 1.91. The molecule has 0 radical (unpaired) electrons. The second-order valence-electron chi connectivity index (χ2n) is 7.65. The van der Waals surface area contributed by atoms with Crippen molar-refractivity contribution in [1.29, 1.82) is 0 Å². The van der Waals surface area contributed by atoms with Crippen LogP contribution in [0.25, 0.3) is 6.08 Å². The summed E-state index contributed by atoms with van der Waals surface area (Å²) in [6, 6.07) is 11.3. The van der Waals surface area contributed by atoms with E-state index in [9.17, 15) is 19.7 Å². The second kappa shape index (κ2) is 10.3. The van der Waals surface area contributed by atoms with Crippen molar-refractivity contribution in [2.75, 3.05) is 5.32 Å². The number of aryl methyl sites for hydroxylation is 1. The van der Waals surface area contributed by atoms with E-state index in [0.717, 1.165) is 42.1 Å². The van der Waals surface area contributed by atoms with Gasteiger partial charge in [-0.3, -0.25) is 19.7 Å². The van der Waals surface area contributed by atoms with Gasteiger partial charge >= 0.3 is 0 Å². The third kappa shape index (κ3) is 6.24. The van der Waals surface area contributed by atoms with Crippen LogP contribution in [0.1, 0.15) is 43.2 Å². The minimum absolute atomic E-state index is 0.0524. The fraction of sp³-hybridized carbons (Fsp3) is 0.304. The minimum atomic E-state index is -0.498. The van der Waals surface area contributed by atoms with E-state index < -0.39 is 10.8 Å². The summed E-state index contributed by atoms with van der Waals surface area (Å²) in [5.74, 6) is -0.819. The Labute approximate surface area is 189 Å². The first kappa shape index (κ1) is 22.7. The molecule has 0 aromatic heterocycles. The molecule has 2 N–H and O–H groups in total. The van der Waals surface area contributed by atoms with Gasteiger partial charge in [-0.15, -0.1) is 0 Å². The molecule has 162 valence electrons. The molecule has 7 nitrogen and oxygen atoms in total. The predicted molar refractivity (Wildman–Crippen MR) is 123 cm³/mol. The predicted octanol–water partition coefficient (Wildman–Crippen LogP) is 5.34. The Morgan fingerprint density at radius 2 is 1.87 bits per heavy atom. The number of nitro groups is 1. The van der Waals surface area contributed by atoms with Gasteiger partial charge in [0.25, 0.3) is 11.6 Å². The quantitative estimate of drug-likeness (QED) is 0.327. The minimum Gasteiger partial charge on any atom is -0.321 e. The lowest BCUT2D eigenvalue weighted by molar-refractivity contribution is -0.384. The number of nitrogens with zero attached hydrogens (tertiary/aromatic N) is 1. The van der Waals surface area contributed by atoms with Crippen LogP contribution in [-0.2, 0) is 9.59 Å². The summed E-state index contributed by atoms with van der Waals surface area (Å²) < 4.78 is 0.920. The van der Waals surface area contributed by atoms with Crippen LogP contribution in [0.5, 0.6) is 0 Å². The molecule has 0 atom stereocenters. The van der Waals surface area contributed by atoms with Crippen LogP contribution in [0, 0.1) is 23.0 Å². The summed E-state index contributed by atoms with van der Waals surface area (Å²) in [5, 5.41) is 16.6. The van der Waals surface area contributed by atoms with E-state index in [0.29, 0.717) is 11.3 Å². The highest BCUT2D eigenvalue weighted by atomic mass is 79.9. The number of carbonyl (C=O) groups excluding carboxylic acids is 2. The average Bonchev–Trinajstić information content (AvgIpc) is 2.76. The number of nitrogens with one attached hydrogen (secondary N) is 2. The van der Waals surface area contributed by atoms with Crippen LogP contribution in [-0.4, -0.2) is 16.7 Å². The Morgan fingerprint density at radius 1 is 1.13 bits per heavy atom. The zero-order valence-corrected chi connectivity index (χ0v) is 18.8. The van der Waals surface area contributed by atoms with E-state index in [1.165, 1.54) is 18.2 Å². The molecule has 2 aromatic rings. The lowest BCUT2D eigenvalue weighted by Crippen LogP contribution is -2.35. The lowest BCUT2D eigenvalue weighted by Gasteiger charge is -2.21. The van der Waals surface area contributed by atoms with Crippen LogP contribution in [0.3, 0.4) is 0 Å². The molecular weight excluding hydrogens is 462 g/mol. The summed E-state index contributed by atoms with van der Waals surface area (Å²) in [4.78, 5) is 36.4. The van der Waals surface area contributed by atoms with Gasteiger partial charge in [0.15, 0.2) is 0 Å². The van der Waals surface area contributed by atoms with Gasteiger partial charge in [0, 0.05) is 28.2 Å². The number of amides is 2. The van der Waals surface area contributed by atoms with Gasteiger partial charge in [-0.25, -0.2) is 0 Å². The van der Waals surface area contributed by atoms with Crippen molar-refractivity contribution in [1.82, 2.24) is 5.32 Å². The maximum atomic E-state index is 13.0. The number of halogens is 1. The molecular formula is C23H24BrN3O4. The van der Waals surface area contributed by atoms with Crippen LogP contribution in [0.2, 0.25) is 0 Å². The van der Waals surface area contributed by atoms with Gasteiger partial charge in [-0.1, -0.05) is 47.3 Å². The van der Waals surface area contributed by atoms with E-state index in [1.807, 2.05) is 19.1 Å². The maximum Gasteiger partial charge on any atom is 0.272 e. The fourth-order valence-corrected chi connectivity index (χ4v) is 3.82. The Balaban J connectivity index is 1.87. The molecule has 0 unspecified atom stereocenters. The molecule has 0 saturated heterocycles. The van der Waals surface area contributed by atoms with E-state index in [2.05, 4.69) is 26.6 Å². The Bertz CT molecular complexity index is 1030. The van der Waals surface area contributed by atoms with Gasteiger partial charge < -0.3 is 10.6 Å². The zero-order valence-electron chi connectivity index (χ0n) is 17.2. The molecule has 2 amide bonds. The standard InChI is InChI=1S/C23H24BrN3O4/c1-15-12-18(10-11-20(15)24)25-23(29)21(26-22(28)17-7-3-2-4-8-17)14-16-6-5-9-19(13-16)27(30)31/h5-6,9-14,17H,2-4,7-8H2,1H3,(H,25,29)(H,26,28). The first-order valence-electron chi connectivity index (χ1n) is 10.2. The van der Waals surface area contributed by atoms with E-state index >= 15 is 0 Å². The third-order valence-electron chi connectivity index (χ3n) is 5.29. The Morgan fingerprint density at radius 3 is 2.55 bits per heavy atom. The molecule has 31 heavy (non-hydrogen) atoms. The SMILES string of the molecule is Cc1cc(NC(=O)C(=Cc2cccc([N+](=O)[O-])c2)NC(=O)C2CCCCC2)ccc1Br. The highest BCUT2D eigenvalue weighted by molar-refractivity contribution is 9.10. The topological polar surface area (TPSA) is 101 Å². The molecule has 1 aliphatic carbocycles. The van der Waals surface area contributed by atoms with Crippen LogP contribution in [0.4, 0.5) is 11.4 Å². The molecule has 1 aliphatic rings. The Hall–Kier alpha value is -3.00. The Kier molecular flexibility index (Phi) is 7.57. The third-order valence-corrected chi connectivity index (χ3v) is 6.18. The number of anilines is 1. The van der Waals surface area contributed by atoms with E-state index in [4.69, 9.17) is 0 Å². The van der Waals surface area contributed by atoms with Crippen molar-refractivity contribution in [3.63, 3.8) is 0 Å². The largest absolute Gasteiger partial charge is 0.321 e. The fourth-order valence-electron chi connectivity index (χ4n) is 3.57. The lowest BCUT2D eigenvalue weighted by atomic mass is 9.88. The van der Waals surface area contributed by atoms with Crippen molar-refractivity contribution in [3.05, 3.63) is 73.9 Å². The molecule has 1 fully saturated rings. The molecule has 0 heterocycles. The summed E-state index contributed by atoms with van der Waals surface area (Å²) >= 11 is 3.43. The van der Waals surface area contributed by atoms with Crippen molar-refractivity contribution in [2.24, 2.45) is 5.92 Å². The normalized spacial score (nSPS) is 14.7. The second-order valence-corrected chi connectivity index (χ2v) is 8.51. The van der Waals surface area contributed by atoms with Gasteiger partial charge in [-0.05, 0) is 55.2 Å². The van der Waals surface area contributed by atoms with Crippen molar-refractivity contribution >= 4 is 45.2 Å². The number of hydrogen-bond donors (Lipinski definition) is 2. The molecule has 2 aromatic carbocycles. The van der Waals surface area contributed by atoms with Crippen molar-refractivity contribution < 1.29 is 14.5 Å². The van der Waals surface area contributed by atoms with Gasteiger partial charge in [-0.2, -0.15) is 0 Å². The van der Waals surface area contributed by atoms with Crippen LogP contribution < -0.4 is 10.6 Å². The summed E-state index contributed by atoms with van der Waals surface area (Å²) in [6.07, 6.45) is 6.16. The number of benzene rings is 2. The average molecular weight is 486 g/mol. The number of rotatable bonds is 6. The number of hydrogen-bond acceptors (Lipinski definition) is 4. The molecule has 0 spiro atoms. The van der Waals surface area contributed by atoms with Gasteiger partial charge in [0.05, 0.1) is 4.92 Å². The molecule has 8 heteroatoms. The first-order valence-corrected chi connectivity index (χ1v) is 11.0. The molecule has 0 aliphatic heterocycles. The van der Waals surface area contributed by atoms with Crippen molar-refractivity contribution in [2.45, 2.75) is 39.0 Å². The summed E-state index contributed by atoms with van der Waals surface area (Å²) in [7, 11) is 0. The number of non-ortho nitro benzene ring substituents is 1. The highest BCUT2D eigenvalue weighted by Gasteiger charge is 2.23. The van der Waals surface area contributed by atoms with E-state index in [-0.39, 0.29) is 23.2 Å². The van der Waals surface area contributed by atoms with E-state index in [1.54, 1.807) is 18.2 Å². The zero-order chi connectivity index (χ0) is 22.4. The number of carbonyl (C=O) groups is 2. The van der Waals surface area contributed by atoms with Gasteiger partial charge in [0.2, 0.25) is 5.91 Å². The molecule has 1 saturated carbocycles. The monoisotopic (exact) mass is 485 g/mol. The van der Waals surface area contributed by atoms with Crippen molar-refractivity contribution in [3.8, 4) is 0 Å². The van der Waals surface area contributed by atoms with Crippen LogP contribution in [0.15, 0.2) is 52.6 Å². The first-order chi connectivity index (χ1) is 14.8. The van der Waals surface area contributed by atoms with Gasteiger partial charge in [0.1, 0.15) is 5.70 Å². The number of nitro benzene ring substituents is 1. The molecule has 0 bridgehead atoms. The smallest absolute Gasteiger partial charge is 0.272 e. The van der Waals surface area contributed by atoms with Crippen LogP contribution >= 0.6 is 15.9 Å². The highest BCUT2D eigenvalue weighted by Crippen LogP contribution is 2.25. The molecule has 3 rings (SSSR count). The summed E-state index contributed by atoms with van der Waals surface area (Å²) in [5.41, 5.74) is 1.96.